The molecule has 25 heavy (non-hydrogen) atoms. The Labute approximate surface area is 145 Å². The van der Waals surface area contributed by atoms with E-state index in [1.807, 2.05) is 0 Å². The van der Waals surface area contributed by atoms with E-state index in [2.05, 4.69) is 20.6 Å². The fourth-order valence-electron chi connectivity index (χ4n) is 2.14. The smallest absolute Gasteiger partial charge is 0.325 e. The molecule has 0 aliphatic heterocycles. The number of carbonyl (C=O) groups excluding carboxylic acids is 2. The van der Waals surface area contributed by atoms with Gasteiger partial charge >= 0.3 is 5.97 Å². The first-order valence-corrected chi connectivity index (χ1v) is 8.11. The van der Waals surface area contributed by atoms with Crippen LogP contribution in [0.15, 0.2) is 12.5 Å². The van der Waals surface area contributed by atoms with Crippen molar-refractivity contribution in [3.05, 3.63) is 18.2 Å². The molecular weight excluding hydrogens is 328 g/mol. The van der Waals surface area contributed by atoms with Gasteiger partial charge in [-0.15, -0.1) is 0 Å². The second kappa shape index (κ2) is 10.4. The number of carbonyl (C=O) groups is 3. The Morgan fingerprint density at radius 1 is 1.28 bits per heavy atom. The third kappa shape index (κ3) is 7.31. The highest BCUT2D eigenvalue weighted by Crippen LogP contribution is 2.03. The molecule has 1 aromatic heterocycles. The van der Waals surface area contributed by atoms with Crippen LogP contribution in [0.3, 0.4) is 0 Å². The summed E-state index contributed by atoms with van der Waals surface area (Å²) in [4.78, 5) is 42.1. The fraction of sp³-hybridized carbons (Fsp3) is 0.600. The second-order valence-electron chi connectivity index (χ2n) is 5.80. The van der Waals surface area contributed by atoms with E-state index in [1.54, 1.807) is 6.20 Å². The van der Waals surface area contributed by atoms with E-state index in [4.69, 9.17) is 16.6 Å². The van der Waals surface area contributed by atoms with Gasteiger partial charge in [-0.1, -0.05) is 0 Å². The number of imidazole rings is 1. The van der Waals surface area contributed by atoms with Crippen LogP contribution in [0.4, 0.5) is 0 Å². The van der Waals surface area contributed by atoms with Crippen LogP contribution >= 0.6 is 0 Å². The largest absolute Gasteiger partial charge is 0.480 e. The van der Waals surface area contributed by atoms with Crippen LogP contribution in [0.5, 0.6) is 0 Å². The summed E-state index contributed by atoms with van der Waals surface area (Å²) in [6.07, 6.45) is 4.94. The molecule has 0 aromatic carbocycles. The highest BCUT2D eigenvalue weighted by molar-refractivity contribution is 5.91. The van der Waals surface area contributed by atoms with Crippen molar-refractivity contribution in [1.82, 2.24) is 20.6 Å². The van der Waals surface area contributed by atoms with E-state index in [9.17, 15) is 14.4 Å². The third-order valence-corrected chi connectivity index (χ3v) is 3.64. The van der Waals surface area contributed by atoms with Crippen molar-refractivity contribution < 1.29 is 19.5 Å². The monoisotopic (exact) mass is 354 g/mol. The van der Waals surface area contributed by atoms with Gasteiger partial charge in [-0.2, -0.15) is 0 Å². The topological polar surface area (TPSA) is 176 Å². The Hall–Kier alpha value is -2.46. The second-order valence-corrected chi connectivity index (χ2v) is 5.80. The number of unbranched alkanes of at least 4 members (excludes halogenated alkanes) is 1. The van der Waals surface area contributed by atoms with Gasteiger partial charge in [-0.05, 0) is 32.7 Å². The number of carboxylic acid groups (broad SMARTS) is 1. The van der Waals surface area contributed by atoms with Crippen LogP contribution in [-0.4, -0.2) is 57.5 Å². The summed E-state index contributed by atoms with van der Waals surface area (Å²) >= 11 is 0. The number of hydrogen-bond donors (Lipinski definition) is 6. The van der Waals surface area contributed by atoms with Crippen molar-refractivity contribution in [3.63, 3.8) is 0 Å². The van der Waals surface area contributed by atoms with Crippen molar-refractivity contribution >= 4 is 17.8 Å². The van der Waals surface area contributed by atoms with E-state index in [0.29, 0.717) is 31.5 Å². The lowest BCUT2D eigenvalue weighted by molar-refractivity contribution is -0.141. The zero-order chi connectivity index (χ0) is 18.8. The molecule has 1 heterocycles. The molecule has 8 N–H and O–H groups in total. The van der Waals surface area contributed by atoms with Crippen molar-refractivity contribution in [1.29, 1.82) is 0 Å². The maximum atomic E-state index is 12.2. The summed E-state index contributed by atoms with van der Waals surface area (Å²) in [6, 6.07) is -2.78. The maximum Gasteiger partial charge on any atom is 0.325 e. The van der Waals surface area contributed by atoms with Crippen molar-refractivity contribution in [3.8, 4) is 0 Å². The molecule has 0 aliphatic rings. The van der Waals surface area contributed by atoms with Gasteiger partial charge < -0.3 is 32.2 Å². The molecule has 140 valence electrons. The van der Waals surface area contributed by atoms with Gasteiger partial charge in [0.25, 0.3) is 0 Å². The molecule has 0 bridgehead atoms. The number of nitrogens with zero attached hydrogens (tertiary/aromatic N) is 1. The molecule has 0 fully saturated rings. The van der Waals surface area contributed by atoms with E-state index < -0.39 is 35.9 Å². The van der Waals surface area contributed by atoms with Crippen LogP contribution in [0, 0.1) is 0 Å². The Kier molecular flexibility index (Phi) is 8.57. The van der Waals surface area contributed by atoms with E-state index in [1.165, 1.54) is 13.3 Å². The third-order valence-electron chi connectivity index (χ3n) is 3.64. The number of aliphatic carboxylic acids is 1. The minimum Gasteiger partial charge on any atom is -0.480 e. The first kappa shape index (κ1) is 20.6. The molecule has 2 amide bonds. The number of aromatic nitrogens is 2. The summed E-state index contributed by atoms with van der Waals surface area (Å²) in [5, 5.41) is 13.8. The molecule has 1 rings (SSSR count). The molecule has 3 atom stereocenters. The standard InChI is InChI=1S/C15H26N6O4/c1-9(15(24)25)20-14(23)12(4-2-3-5-16)21-13(22)11(17)6-10-7-18-8-19-10/h7-9,11-12H,2-6,16-17H2,1H3,(H,18,19)(H,20,23)(H,21,22)(H,24,25)/t9-,11-,12-/m0/s1. The SMILES string of the molecule is C[C@H](NC(=O)[C@H](CCCCN)NC(=O)[C@@H](N)Cc1cnc[nH]1)C(=O)O. The highest BCUT2D eigenvalue weighted by Gasteiger charge is 2.26. The molecule has 0 unspecified atom stereocenters. The van der Waals surface area contributed by atoms with E-state index in [0.717, 1.165) is 0 Å². The fourth-order valence-corrected chi connectivity index (χ4v) is 2.14. The molecule has 1 aromatic rings. The van der Waals surface area contributed by atoms with Gasteiger partial charge in [0.05, 0.1) is 12.4 Å². The summed E-state index contributed by atoms with van der Waals surface area (Å²) < 4.78 is 0. The van der Waals surface area contributed by atoms with Gasteiger partial charge in [0.2, 0.25) is 11.8 Å². The quantitative estimate of drug-likeness (QED) is 0.261. The molecule has 0 saturated heterocycles. The van der Waals surface area contributed by atoms with Crippen molar-refractivity contribution in [2.24, 2.45) is 11.5 Å². The summed E-state index contributed by atoms with van der Waals surface area (Å²) in [5.41, 5.74) is 12.0. The Morgan fingerprint density at radius 2 is 2.00 bits per heavy atom. The van der Waals surface area contributed by atoms with E-state index >= 15 is 0 Å². The van der Waals surface area contributed by atoms with Gasteiger partial charge in [0.1, 0.15) is 12.1 Å². The molecule has 0 saturated carbocycles. The van der Waals surface area contributed by atoms with Crippen LogP contribution in [-0.2, 0) is 20.8 Å². The van der Waals surface area contributed by atoms with Gasteiger partial charge in [-0.25, -0.2) is 4.98 Å². The Balaban J connectivity index is 2.65. The minimum atomic E-state index is -1.16. The maximum absolute atomic E-state index is 12.2. The molecule has 0 aliphatic carbocycles. The number of carboxylic acids is 1. The van der Waals surface area contributed by atoms with Gasteiger partial charge in [-0.3, -0.25) is 14.4 Å². The first-order chi connectivity index (χ1) is 11.8. The summed E-state index contributed by atoms with van der Waals surface area (Å²) in [7, 11) is 0. The number of nitrogens with one attached hydrogen (secondary N) is 3. The Bertz CT molecular complexity index is 562. The lowest BCUT2D eigenvalue weighted by atomic mass is 10.1. The molecular formula is C15H26N6O4. The molecule has 0 spiro atoms. The average Bonchev–Trinajstić information content (AvgIpc) is 3.06. The number of amides is 2. The zero-order valence-electron chi connectivity index (χ0n) is 14.2. The Morgan fingerprint density at radius 3 is 2.56 bits per heavy atom. The summed E-state index contributed by atoms with van der Waals surface area (Å²) in [6.45, 7) is 1.82. The average molecular weight is 354 g/mol. The number of hydrogen-bond acceptors (Lipinski definition) is 6. The number of aromatic amines is 1. The highest BCUT2D eigenvalue weighted by atomic mass is 16.4. The van der Waals surface area contributed by atoms with Crippen LogP contribution in [0.1, 0.15) is 31.9 Å². The molecule has 0 radical (unpaired) electrons. The van der Waals surface area contributed by atoms with Crippen LogP contribution in [0.25, 0.3) is 0 Å². The molecule has 10 nitrogen and oxygen atoms in total. The summed E-state index contributed by atoms with van der Waals surface area (Å²) in [5.74, 6) is -2.21. The van der Waals surface area contributed by atoms with Crippen molar-refractivity contribution in [2.75, 3.05) is 6.54 Å². The predicted molar refractivity (Wildman–Crippen MR) is 90.3 cm³/mol. The molecule has 10 heteroatoms. The minimum absolute atomic E-state index is 0.245. The van der Waals surface area contributed by atoms with Crippen LogP contribution < -0.4 is 22.1 Å². The predicted octanol–water partition coefficient (Wildman–Crippen LogP) is -1.52. The number of nitrogens with two attached hydrogens (primary N) is 2. The van der Waals surface area contributed by atoms with Crippen molar-refractivity contribution in [2.45, 2.75) is 50.7 Å². The van der Waals surface area contributed by atoms with Gasteiger partial charge in [0.15, 0.2) is 0 Å². The lowest BCUT2D eigenvalue weighted by Crippen LogP contribution is -2.54. The number of rotatable bonds is 11. The first-order valence-electron chi connectivity index (χ1n) is 8.11. The number of H-pyrrole nitrogens is 1. The lowest BCUT2D eigenvalue weighted by Gasteiger charge is -2.21. The van der Waals surface area contributed by atoms with Crippen LogP contribution in [0.2, 0.25) is 0 Å². The van der Waals surface area contributed by atoms with Gasteiger partial charge in [0, 0.05) is 18.3 Å². The normalized spacial score (nSPS) is 14.4. The zero-order valence-corrected chi connectivity index (χ0v) is 14.2. The van der Waals surface area contributed by atoms with E-state index in [-0.39, 0.29) is 6.42 Å².